The lowest BCUT2D eigenvalue weighted by Gasteiger charge is -2.13. The predicted octanol–water partition coefficient (Wildman–Crippen LogP) is 1.79. The standard InChI is InChI=1S/C11H10N2O2/c1-9(12-7-14)11(13-8-15)10-5-3-2-4-6-10/h2-6,9,11H,1H3. The van der Waals surface area contributed by atoms with Gasteiger partial charge in [-0.2, -0.15) is 4.99 Å². The maximum atomic E-state index is 10.3. The molecule has 4 nitrogen and oxygen atoms in total. The van der Waals surface area contributed by atoms with Crippen LogP contribution in [0.3, 0.4) is 0 Å². The zero-order valence-corrected chi connectivity index (χ0v) is 8.25. The number of hydrogen-bond donors (Lipinski definition) is 0. The quantitative estimate of drug-likeness (QED) is 0.552. The molecule has 0 spiro atoms. The summed E-state index contributed by atoms with van der Waals surface area (Å²) in [5, 5.41) is 0. The SMILES string of the molecule is CC(N=C=O)C(N=C=O)c1ccccc1. The second kappa shape index (κ2) is 5.66. The van der Waals surface area contributed by atoms with Crippen LogP contribution in [0.5, 0.6) is 0 Å². The molecule has 1 rings (SSSR count). The highest BCUT2D eigenvalue weighted by Crippen LogP contribution is 2.22. The van der Waals surface area contributed by atoms with Gasteiger partial charge in [-0.1, -0.05) is 30.3 Å². The van der Waals surface area contributed by atoms with Crippen molar-refractivity contribution in [3.8, 4) is 0 Å². The van der Waals surface area contributed by atoms with Crippen molar-refractivity contribution in [2.45, 2.75) is 19.0 Å². The van der Waals surface area contributed by atoms with E-state index in [9.17, 15) is 9.59 Å². The molecule has 0 heterocycles. The summed E-state index contributed by atoms with van der Waals surface area (Å²) in [5.41, 5.74) is 0.826. The van der Waals surface area contributed by atoms with Gasteiger partial charge in [0.2, 0.25) is 12.2 Å². The Morgan fingerprint density at radius 2 is 1.67 bits per heavy atom. The van der Waals surface area contributed by atoms with Crippen molar-refractivity contribution in [1.29, 1.82) is 0 Å². The van der Waals surface area contributed by atoms with Gasteiger partial charge >= 0.3 is 0 Å². The molecule has 0 aliphatic carbocycles. The fourth-order valence-corrected chi connectivity index (χ4v) is 1.32. The molecule has 0 N–H and O–H groups in total. The molecule has 15 heavy (non-hydrogen) atoms. The van der Waals surface area contributed by atoms with E-state index in [0.717, 1.165) is 5.56 Å². The third-order valence-corrected chi connectivity index (χ3v) is 2.05. The Kier molecular flexibility index (Phi) is 4.17. The second-order valence-corrected chi connectivity index (χ2v) is 3.04. The molecule has 76 valence electrons. The van der Waals surface area contributed by atoms with Crippen molar-refractivity contribution < 1.29 is 9.59 Å². The van der Waals surface area contributed by atoms with Crippen molar-refractivity contribution in [3.05, 3.63) is 35.9 Å². The van der Waals surface area contributed by atoms with Gasteiger partial charge in [-0.05, 0) is 12.5 Å². The van der Waals surface area contributed by atoms with Gasteiger partial charge in [-0.3, -0.25) is 0 Å². The molecular weight excluding hydrogens is 192 g/mol. The first-order valence-corrected chi connectivity index (χ1v) is 4.48. The highest BCUT2D eigenvalue weighted by molar-refractivity contribution is 5.38. The van der Waals surface area contributed by atoms with Crippen LogP contribution < -0.4 is 0 Å². The smallest absolute Gasteiger partial charge is 0.211 e. The molecule has 0 amide bonds. The Morgan fingerprint density at radius 1 is 1.07 bits per heavy atom. The normalized spacial score (nSPS) is 13.1. The average molecular weight is 202 g/mol. The molecule has 0 saturated carbocycles. The van der Waals surface area contributed by atoms with Crippen molar-refractivity contribution in [2.24, 2.45) is 9.98 Å². The molecular formula is C11H10N2O2. The Hall–Kier alpha value is -2.02. The fraction of sp³-hybridized carbons (Fsp3) is 0.273. The first kappa shape index (κ1) is 11.1. The number of hydrogen-bond acceptors (Lipinski definition) is 4. The number of carbonyl (C=O) groups excluding carboxylic acids is 2. The minimum Gasteiger partial charge on any atom is -0.211 e. The molecule has 0 fully saturated rings. The van der Waals surface area contributed by atoms with Crippen LogP contribution in [0.2, 0.25) is 0 Å². The number of rotatable bonds is 4. The van der Waals surface area contributed by atoms with Crippen LogP contribution in [-0.2, 0) is 9.59 Å². The van der Waals surface area contributed by atoms with Crippen LogP contribution in [0.25, 0.3) is 0 Å². The van der Waals surface area contributed by atoms with E-state index >= 15 is 0 Å². The maximum absolute atomic E-state index is 10.3. The number of isocyanates is 2. The number of nitrogens with zero attached hydrogens (tertiary/aromatic N) is 2. The van der Waals surface area contributed by atoms with Gasteiger partial charge in [-0.15, -0.1) is 0 Å². The molecule has 0 aliphatic heterocycles. The van der Waals surface area contributed by atoms with Gasteiger partial charge in [0.25, 0.3) is 0 Å². The molecule has 0 aromatic heterocycles. The van der Waals surface area contributed by atoms with Crippen LogP contribution in [0.4, 0.5) is 0 Å². The van der Waals surface area contributed by atoms with E-state index in [1.54, 1.807) is 6.92 Å². The largest absolute Gasteiger partial charge is 0.235 e. The molecule has 2 unspecified atom stereocenters. The predicted molar refractivity (Wildman–Crippen MR) is 54.9 cm³/mol. The van der Waals surface area contributed by atoms with Crippen molar-refractivity contribution >= 4 is 12.2 Å². The number of aliphatic imine (C=N–C) groups is 2. The van der Waals surface area contributed by atoms with Gasteiger partial charge in [-0.25, -0.2) is 14.6 Å². The summed E-state index contributed by atoms with van der Waals surface area (Å²) in [4.78, 5) is 27.6. The van der Waals surface area contributed by atoms with Crippen LogP contribution >= 0.6 is 0 Å². The lowest BCUT2D eigenvalue weighted by Crippen LogP contribution is -2.10. The second-order valence-electron chi connectivity index (χ2n) is 3.04. The minimum atomic E-state index is -0.467. The summed E-state index contributed by atoms with van der Waals surface area (Å²) in [7, 11) is 0. The van der Waals surface area contributed by atoms with E-state index in [1.165, 1.54) is 12.2 Å². The highest BCUT2D eigenvalue weighted by Gasteiger charge is 2.17. The summed E-state index contributed by atoms with van der Waals surface area (Å²) in [6.45, 7) is 1.70. The van der Waals surface area contributed by atoms with Crippen LogP contribution in [0, 0.1) is 0 Å². The maximum Gasteiger partial charge on any atom is 0.235 e. The summed E-state index contributed by atoms with van der Waals surface area (Å²) >= 11 is 0. The van der Waals surface area contributed by atoms with Gasteiger partial charge < -0.3 is 0 Å². The zero-order valence-electron chi connectivity index (χ0n) is 8.25. The summed E-state index contributed by atoms with van der Waals surface area (Å²) < 4.78 is 0. The lowest BCUT2D eigenvalue weighted by molar-refractivity contribution is 0.531. The molecule has 0 saturated heterocycles. The van der Waals surface area contributed by atoms with Crippen molar-refractivity contribution in [2.75, 3.05) is 0 Å². The highest BCUT2D eigenvalue weighted by atomic mass is 16.1. The zero-order chi connectivity index (χ0) is 11.1. The van der Waals surface area contributed by atoms with Gasteiger partial charge in [0.15, 0.2) is 0 Å². The van der Waals surface area contributed by atoms with Crippen LogP contribution in [0.1, 0.15) is 18.5 Å². The first-order chi connectivity index (χ1) is 7.29. The van der Waals surface area contributed by atoms with E-state index in [2.05, 4.69) is 9.98 Å². The topological polar surface area (TPSA) is 58.9 Å². The molecule has 4 heteroatoms. The molecule has 0 aliphatic rings. The fourth-order valence-electron chi connectivity index (χ4n) is 1.32. The monoisotopic (exact) mass is 202 g/mol. The molecule has 1 aromatic carbocycles. The Labute approximate surface area is 87.4 Å². The van der Waals surface area contributed by atoms with E-state index in [0.29, 0.717) is 0 Å². The van der Waals surface area contributed by atoms with E-state index in [1.807, 2.05) is 30.3 Å². The summed E-state index contributed by atoms with van der Waals surface area (Å²) in [6, 6.07) is 8.29. The Balaban J connectivity index is 3.03. The summed E-state index contributed by atoms with van der Waals surface area (Å²) in [5.74, 6) is 0. The molecule has 0 bridgehead atoms. The average Bonchev–Trinajstić information content (AvgIpc) is 2.27. The Bertz CT molecular complexity index is 404. The van der Waals surface area contributed by atoms with E-state index < -0.39 is 12.1 Å². The van der Waals surface area contributed by atoms with Gasteiger partial charge in [0.05, 0.1) is 6.04 Å². The Morgan fingerprint density at radius 3 is 2.20 bits per heavy atom. The van der Waals surface area contributed by atoms with Gasteiger partial charge in [0, 0.05) is 0 Å². The summed E-state index contributed by atoms with van der Waals surface area (Å²) in [6.07, 6.45) is 2.95. The van der Waals surface area contributed by atoms with Crippen LogP contribution in [0.15, 0.2) is 40.3 Å². The molecule has 0 radical (unpaired) electrons. The number of benzene rings is 1. The van der Waals surface area contributed by atoms with E-state index in [-0.39, 0.29) is 0 Å². The van der Waals surface area contributed by atoms with Crippen molar-refractivity contribution in [3.63, 3.8) is 0 Å². The third-order valence-electron chi connectivity index (χ3n) is 2.05. The van der Waals surface area contributed by atoms with Crippen LogP contribution in [-0.4, -0.2) is 18.2 Å². The van der Waals surface area contributed by atoms with Crippen molar-refractivity contribution in [1.82, 2.24) is 0 Å². The molecule has 2 atom stereocenters. The molecule has 1 aromatic rings. The van der Waals surface area contributed by atoms with E-state index in [4.69, 9.17) is 0 Å². The minimum absolute atomic E-state index is 0.411. The third kappa shape index (κ3) is 2.99. The van der Waals surface area contributed by atoms with Gasteiger partial charge in [0.1, 0.15) is 6.04 Å². The first-order valence-electron chi connectivity index (χ1n) is 4.48. The lowest BCUT2D eigenvalue weighted by atomic mass is 10.0.